The molecule has 1 aromatic heterocycles. The van der Waals surface area contributed by atoms with Crippen LogP contribution in [-0.4, -0.2) is 45.7 Å². The normalized spacial score (nSPS) is 21.0. The van der Waals surface area contributed by atoms with Gasteiger partial charge < -0.3 is 0 Å². The predicted molar refractivity (Wildman–Crippen MR) is 90.3 cm³/mol. The van der Waals surface area contributed by atoms with Crippen LogP contribution in [0.15, 0.2) is 11.2 Å². The highest BCUT2D eigenvalue weighted by Gasteiger charge is 2.53. The van der Waals surface area contributed by atoms with E-state index in [1.165, 1.54) is 9.80 Å². The quantitative estimate of drug-likeness (QED) is 0.777. The Hall–Kier alpha value is -2.18. The van der Waals surface area contributed by atoms with Crippen molar-refractivity contribution in [1.82, 2.24) is 14.4 Å². The number of carbonyl (C=O) groups is 2. The molecule has 1 aromatic rings. The molecule has 1 fully saturated rings. The van der Waals surface area contributed by atoms with E-state index < -0.39 is 6.04 Å². The number of rotatable bonds is 5. The van der Waals surface area contributed by atoms with Crippen molar-refractivity contribution in [3.8, 4) is 0 Å². The summed E-state index contributed by atoms with van der Waals surface area (Å²) in [4.78, 5) is 33.0. The van der Waals surface area contributed by atoms with Crippen LogP contribution in [0, 0.1) is 6.92 Å². The number of amidine groups is 1. The average Bonchev–Trinajstić information content (AvgIpc) is 3.06. The van der Waals surface area contributed by atoms with Gasteiger partial charge in [-0.3, -0.25) is 14.6 Å². The molecule has 0 bridgehead atoms. The molecule has 0 radical (unpaired) electrons. The molecule has 3 amide bonds. The Morgan fingerprint density at radius 3 is 2.67 bits per heavy atom. The number of aromatic nitrogens is 2. The highest BCUT2D eigenvalue weighted by Crippen LogP contribution is 2.31. The summed E-state index contributed by atoms with van der Waals surface area (Å²) in [5.41, 5.74) is 1.08. The molecule has 0 spiro atoms. The fourth-order valence-corrected chi connectivity index (χ4v) is 3.45. The number of urea groups is 1. The van der Waals surface area contributed by atoms with Crippen LogP contribution < -0.4 is 4.57 Å². The zero-order valence-corrected chi connectivity index (χ0v) is 15.1. The number of imidazole rings is 1. The molecule has 130 valence electrons. The second kappa shape index (κ2) is 6.03. The van der Waals surface area contributed by atoms with E-state index in [0.717, 1.165) is 30.9 Å². The summed E-state index contributed by atoms with van der Waals surface area (Å²) in [5.74, 6) is 1.12. The first kappa shape index (κ1) is 16.7. The summed E-state index contributed by atoms with van der Waals surface area (Å²) < 4.78 is 4.06. The topological polar surface area (TPSA) is 61.8 Å². The highest BCUT2D eigenvalue weighted by molar-refractivity contribution is 6.19. The number of likely N-dealkylation sites (N-methyl/N-ethyl adjacent to an activating group) is 1. The van der Waals surface area contributed by atoms with Crippen molar-refractivity contribution in [3.05, 3.63) is 11.9 Å². The number of carbonyl (C=O) groups excluding carboxylic acids is 2. The molecule has 7 heteroatoms. The minimum atomic E-state index is -0.524. The zero-order chi connectivity index (χ0) is 17.6. The number of nitrogens with zero attached hydrogens (tertiary/aromatic N) is 5. The minimum absolute atomic E-state index is 0.171. The lowest BCUT2D eigenvalue weighted by atomic mass is 10.1. The third kappa shape index (κ3) is 2.25. The van der Waals surface area contributed by atoms with Gasteiger partial charge >= 0.3 is 12.0 Å². The van der Waals surface area contributed by atoms with Crippen molar-refractivity contribution in [2.24, 2.45) is 4.99 Å². The van der Waals surface area contributed by atoms with Gasteiger partial charge in [0.1, 0.15) is 11.9 Å². The van der Waals surface area contributed by atoms with Gasteiger partial charge in [0.2, 0.25) is 11.9 Å². The molecule has 2 atom stereocenters. The van der Waals surface area contributed by atoms with Crippen molar-refractivity contribution in [2.45, 2.75) is 59.0 Å². The van der Waals surface area contributed by atoms with Gasteiger partial charge in [0, 0.05) is 13.6 Å². The van der Waals surface area contributed by atoms with Crippen LogP contribution in [0.3, 0.4) is 0 Å². The fraction of sp³-hybridized carbons (Fsp3) is 0.647. The highest BCUT2D eigenvalue weighted by atomic mass is 16.2. The fourth-order valence-electron chi connectivity index (χ4n) is 3.45. The second-order valence-electron chi connectivity index (χ2n) is 6.66. The lowest BCUT2D eigenvalue weighted by Crippen LogP contribution is -2.62. The summed E-state index contributed by atoms with van der Waals surface area (Å²) in [6, 6.07) is -0.511. The van der Waals surface area contributed by atoms with Gasteiger partial charge in [-0.15, -0.1) is 0 Å². The van der Waals surface area contributed by atoms with E-state index in [-0.39, 0.29) is 18.0 Å². The van der Waals surface area contributed by atoms with Gasteiger partial charge in [0.15, 0.2) is 0 Å². The Morgan fingerprint density at radius 2 is 2.04 bits per heavy atom. The van der Waals surface area contributed by atoms with Crippen LogP contribution in [0.1, 0.15) is 57.8 Å². The van der Waals surface area contributed by atoms with Gasteiger partial charge in [0.05, 0.1) is 6.04 Å². The monoisotopic (exact) mass is 332 g/mol. The maximum atomic E-state index is 13.0. The number of aryl methyl sites for hydroxylation is 1. The maximum absolute atomic E-state index is 13.0. The van der Waals surface area contributed by atoms with Crippen LogP contribution in [-0.2, 0) is 4.79 Å². The molecule has 0 N–H and O–H groups in total. The molecule has 3 rings (SSSR count). The number of hydrogen-bond acceptors (Lipinski definition) is 3. The molecule has 2 aliphatic rings. The molecule has 0 aromatic carbocycles. The Bertz CT molecular complexity index is 721. The molecule has 2 aliphatic heterocycles. The molecule has 24 heavy (non-hydrogen) atoms. The Morgan fingerprint density at radius 1 is 1.33 bits per heavy atom. The first-order valence-electron chi connectivity index (χ1n) is 8.72. The molecule has 0 saturated carbocycles. The Labute approximate surface area is 142 Å². The van der Waals surface area contributed by atoms with Gasteiger partial charge in [-0.25, -0.2) is 13.9 Å². The van der Waals surface area contributed by atoms with Crippen LogP contribution in [0.5, 0.6) is 0 Å². The molecule has 7 nitrogen and oxygen atoms in total. The molecular formula is C17H26N5O2+. The molecule has 3 heterocycles. The van der Waals surface area contributed by atoms with Gasteiger partial charge in [-0.1, -0.05) is 25.3 Å². The van der Waals surface area contributed by atoms with E-state index in [1.54, 1.807) is 7.05 Å². The molecule has 0 aliphatic carbocycles. The van der Waals surface area contributed by atoms with E-state index in [2.05, 4.69) is 23.4 Å². The minimum Gasteiger partial charge on any atom is -0.270 e. The summed E-state index contributed by atoms with van der Waals surface area (Å²) in [6.07, 6.45) is 4.70. The molecule has 2 unspecified atom stereocenters. The second-order valence-corrected chi connectivity index (χ2v) is 6.66. The number of aliphatic imine (C=N–C) groups is 1. The lowest BCUT2D eigenvalue weighted by Gasteiger charge is -2.33. The SMILES string of the molecule is CCCCN1C(=O)C2C(=Nc3n(C(C)CC)c(C)c[n+]32)N(C)C1=O. The van der Waals surface area contributed by atoms with Crippen LogP contribution in [0.2, 0.25) is 0 Å². The van der Waals surface area contributed by atoms with E-state index >= 15 is 0 Å². The van der Waals surface area contributed by atoms with Crippen LogP contribution in [0.25, 0.3) is 0 Å². The third-order valence-corrected chi connectivity index (χ3v) is 5.02. The van der Waals surface area contributed by atoms with Crippen LogP contribution in [0.4, 0.5) is 10.7 Å². The first-order chi connectivity index (χ1) is 11.4. The largest absolute Gasteiger partial charge is 0.402 e. The third-order valence-electron chi connectivity index (χ3n) is 5.02. The number of amides is 3. The van der Waals surface area contributed by atoms with E-state index in [0.29, 0.717) is 12.4 Å². The zero-order valence-electron chi connectivity index (χ0n) is 15.1. The number of imide groups is 1. The van der Waals surface area contributed by atoms with Crippen molar-refractivity contribution < 1.29 is 14.2 Å². The number of fused-ring (bicyclic) bond motifs is 3. The number of unbranched alkanes of at least 4 members (excludes halogenated alkanes) is 1. The van der Waals surface area contributed by atoms with Crippen molar-refractivity contribution in [2.75, 3.05) is 13.6 Å². The van der Waals surface area contributed by atoms with Gasteiger partial charge in [0.25, 0.3) is 5.91 Å². The van der Waals surface area contributed by atoms with Crippen molar-refractivity contribution >= 4 is 23.7 Å². The Kier molecular flexibility index (Phi) is 4.19. The predicted octanol–water partition coefficient (Wildman–Crippen LogP) is 2.33. The summed E-state index contributed by atoms with van der Waals surface area (Å²) in [7, 11) is 1.70. The summed E-state index contributed by atoms with van der Waals surface area (Å²) >= 11 is 0. The smallest absolute Gasteiger partial charge is 0.270 e. The number of hydrogen-bond donors (Lipinski definition) is 0. The van der Waals surface area contributed by atoms with Crippen molar-refractivity contribution in [3.63, 3.8) is 0 Å². The summed E-state index contributed by atoms with van der Waals surface area (Å²) in [5, 5.41) is 0. The Balaban J connectivity index is 2.05. The van der Waals surface area contributed by atoms with Crippen LogP contribution >= 0.6 is 0 Å². The molecular weight excluding hydrogens is 306 g/mol. The first-order valence-corrected chi connectivity index (χ1v) is 8.72. The van der Waals surface area contributed by atoms with E-state index in [1.807, 2.05) is 24.6 Å². The van der Waals surface area contributed by atoms with E-state index in [4.69, 9.17) is 0 Å². The lowest BCUT2D eigenvalue weighted by molar-refractivity contribution is -0.677. The standard InChI is InChI=1S/C17H26N5O2/c1-6-8-9-20-15(23)13-14(19(5)17(20)24)18-16-21(13)10-12(4)22(16)11(3)7-2/h10-11,13H,6-9H2,1-5H3/q+1. The van der Waals surface area contributed by atoms with E-state index in [9.17, 15) is 9.59 Å². The maximum Gasteiger partial charge on any atom is 0.402 e. The van der Waals surface area contributed by atoms with Gasteiger partial charge in [-0.05, 0) is 26.7 Å². The van der Waals surface area contributed by atoms with Gasteiger partial charge in [-0.2, -0.15) is 0 Å². The van der Waals surface area contributed by atoms with Crippen molar-refractivity contribution in [1.29, 1.82) is 0 Å². The average molecular weight is 332 g/mol. The molecule has 1 saturated heterocycles. The summed E-state index contributed by atoms with van der Waals surface area (Å²) in [6.45, 7) is 8.81.